The van der Waals surface area contributed by atoms with Gasteiger partial charge in [0.15, 0.2) is 0 Å². The molecular formula is C19H24N4O. The van der Waals surface area contributed by atoms with Crippen molar-refractivity contribution in [2.24, 2.45) is 5.73 Å². The molecule has 5 heteroatoms. The number of hydrogen-bond acceptors (Lipinski definition) is 3. The first-order chi connectivity index (χ1) is 11.6. The summed E-state index contributed by atoms with van der Waals surface area (Å²) in [6.45, 7) is 4.28. The van der Waals surface area contributed by atoms with Crippen LogP contribution < -0.4 is 11.2 Å². The number of nitrogens with zero attached hydrogens (tertiary/aromatic N) is 1. The summed E-state index contributed by atoms with van der Waals surface area (Å²) in [6.07, 6.45) is 3.93. The summed E-state index contributed by atoms with van der Waals surface area (Å²) in [4.78, 5) is 16.5. The number of rotatable bonds is 2. The fraction of sp³-hybridized carbons (Fsp3) is 0.421. The van der Waals surface area contributed by atoms with Crippen LogP contribution in [0.5, 0.6) is 0 Å². The van der Waals surface area contributed by atoms with E-state index in [-0.39, 0.29) is 12.1 Å². The summed E-state index contributed by atoms with van der Waals surface area (Å²) in [5.74, 6) is 0.332. The summed E-state index contributed by atoms with van der Waals surface area (Å²) < 4.78 is 0. The first kappa shape index (κ1) is 15.3. The van der Waals surface area contributed by atoms with E-state index in [1.807, 2.05) is 18.2 Å². The smallest absolute Gasteiger partial charge is 0.274 e. The maximum absolute atomic E-state index is 13.1. The average molecular weight is 324 g/mol. The molecule has 0 bridgehead atoms. The van der Waals surface area contributed by atoms with Crippen molar-refractivity contribution in [1.29, 1.82) is 0 Å². The van der Waals surface area contributed by atoms with Gasteiger partial charge in [0.05, 0.1) is 5.56 Å². The van der Waals surface area contributed by atoms with E-state index >= 15 is 0 Å². The molecule has 0 saturated heterocycles. The number of carbonyl (C=O) groups is 1. The monoisotopic (exact) mass is 324 g/mol. The Hall–Kier alpha value is -2.27. The predicted octanol–water partition coefficient (Wildman–Crippen LogP) is 3.36. The van der Waals surface area contributed by atoms with Crippen molar-refractivity contribution in [3.63, 3.8) is 0 Å². The molecule has 126 valence electrons. The Labute approximate surface area is 141 Å². The van der Waals surface area contributed by atoms with Gasteiger partial charge in [-0.3, -0.25) is 10.2 Å². The van der Waals surface area contributed by atoms with Crippen molar-refractivity contribution in [2.45, 2.75) is 51.6 Å². The zero-order chi connectivity index (χ0) is 16.8. The van der Waals surface area contributed by atoms with Gasteiger partial charge >= 0.3 is 0 Å². The third kappa shape index (κ3) is 2.31. The molecular weight excluding hydrogens is 300 g/mol. The third-order valence-electron chi connectivity index (χ3n) is 5.16. The number of aromatic amines is 1. The lowest BCUT2D eigenvalue weighted by molar-refractivity contribution is 0.0662. The molecule has 4 N–H and O–H groups in total. The second-order valence-corrected chi connectivity index (χ2v) is 7.09. The summed E-state index contributed by atoms with van der Waals surface area (Å²) in [6, 6.07) is 7.90. The summed E-state index contributed by atoms with van der Waals surface area (Å²) in [5, 5.41) is 2.57. The lowest BCUT2D eigenvalue weighted by Crippen LogP contribution is -2.48. The van der Waals surface area contributed by atoms with Gasteiger partial charge in [-0.05, 0) is 55.4 Å². The standard InChI is InChI=1S/C19H24N4O/c1-11(2)17-10-14-12(7-5-9-15(14)21-17)19(24)23-18(20)13-6-3-4-8-16(13)22-23/h5,7,9-11,18,21-22H,3-4,6,8,20H2,1-2H3. The zero-order valence-corrected chi connectivity index (χ0v) is 14.2. The molecule has 2 aliphatic rings. The minimum absolute atomic E-state index is 0.0585. The van der Waals surface area contributed by atoms with Gasteiger partial charge < -0.3 is 10.7 Å². The van der Waals surface area contributed by atoms with Crippen molar-refractivity contribution < 1.29 is 4.79 Å². The molecule has 2 aromatic rings. The van der Waals surface area contributed by atoms with Crippen LogP contribution >= 0.6 is 0 Å². The van der Waals surface area contributed by atoms with Gasteiger partial charge in [-0.25, -0.2) is 5.01 Å². The highest BCUT2D eigenvalue weighted by Crippen LogP contribution is 2.32. The van der Waals surface area contributed by atoms with Crippen LogP contribution in [0.15, 0.2) is 35.5 Å². The Bertz CT molecular complexity index is 833. The van der Waals surface area contributed by atoms with Crippen LogP contribution in [-0.4, -0.2) is 22.1 Å². The molecule has 0 saturated carbocycles. The molecule has 0 spiro atoms. The molecule has 1 aliphatic carbocycles. The fourth-order valence-corrected chi connectivity index (χ4v) is 3.73. The van der Waals surface area contributed by atoms with Gasteiger partial charge in [0.25, 0.3) is 5.91 Å². The van der Waals surface area contributed by atoms with Crippen molar-refractivity contribution in [2.75, 3.05) is 0 Å². The molecule has 1 aromatic carbocycles. The Morgan fingerprint density at radius 1 is 1.29 bits per heavy atom. The second-order valence-electron chi connectivity index (χ2n) is 7.09. The topological polar surface area (TPSA) is 74.2 Å². The summed E-state index contributed by atoms with van der Waals surface area (Å²) >= 11 is 0. The largest absolute Gasteiger partial charge is 0.358 e. The summed E-state index contributed by atoms with van der Waals surface area (Å²) in [7, 11) is 0. The van der Waals surface area contributed by atoms with E-state index in [1.165, 1.54) is 5.57 Å². The first-order valence-electron chi connectivity index (χ1n) is 8.75. The number of H-pyrrole nitrogens is 1. The Balaban J connectivity index is 1.69. The molecule has 1 unspecified atom stereocenters. The molecule has 1 aromatic heterocycles. The van der Waals surface area contributed by atoms with E-state index in [0.29, 0.717) is 11.5 Å². The fourth-order valence-electron chi connectivity index (χ4n) is 3.73. The van der Waals surface area contributed by atoms with Crippen molar-refractivity contribution >= 4 is 16.8 Å². The number of nitrogens with two attached hydrogens (primary N) is 1. The van der Waals surface area contributed by atoms with E-state index in [4.69, 9.17) is 5.73 Å². The Morgan fingerprint density at radius 2 is 2.08 bits per heavy atom. The number of aromatic nitrogens is 1. The van der Waals surface area contributed by atoms with Gasteiger partial charge in [-0.15, -0.1) is 0 Å². The maximum Gasteiger partial charge on any atom is 0.274 e. The van der Waals surface area contributed by atoms with Crippen LogP contribution in [0, 0.1) is 0 Å². The first-order valence-corrected chi connectivity index (χ1v) is 8.75. The Morgan fingerprint density at radius 3 is 2.83 bits per heavy atom. The molecule has 4 rings (SSSR count). The van der Waals surface area contributed by atoms with Crippen molar-refractivity contribution in [3.8, 4) is 0 Å². The highest BCUT2D eigenvalue weighted by molar-refractivity contribution is 6.06. The SMILES string of the molecule is CC(C)c1cc2c(C(=O)N3NC4=C(CCCC4)C3N)cccc2[nH]1. The van der Waals surface area contributed by atoms with Gasteiger partial charge in [0.2, 0.25) is 0 Å². The number of fused-ring (bicyclic) bond motifs is 1. The van der Waals surface area contributed by atoms with E-state index in [9.17, 15) is 4.79 Å². The molecule has 2 heterocycles. The van der Waals surface area contributed by atoms with Gasteiger partial charge in [0.1, 0.15) is 6.17 Å². The predicted molar refractivity (Wildman–Crippen MR) is 95.2 cm³/mol. The van der Waals surface area contributed by atoms with Crippen LogP contribution in [0.4, 0.5) is 0 Å². The van der Waals surface area contributed by atoms with Gasteiger partial charge in [-0.2, -0.15) is 0 Å². The van der Waals surface area contributed by atoms with Crippen LogP contribution in [0.1, 0.15) is 61.5 Å². The van der Waals surface area contributed by atoms with Crippen LogP contribution in [-0.2, 0) is 0 Å². The quantitative estimate of drug-likeness (QED) is 0.793. The maximum atomic E-state index is 13.1. The highest BCUT2D eigenvalue weighted by atomic mass is 16.2. The molecule has 1 atom stereocenters. The highest BCUT2D eigenvalue weighted by Gasteiger charge is 2.35. The lowest BCUT2D eigenvalue weighted by Gasteiger charge is -2.23. The zero-order valence-electron chi connectivity index (χ0n) is 14.2. The number of allylic oxidation sites excluding steroid dienone is 1. The lowest BCUT2D eigenvalue weighted by atomic mass is 9.96. The number of nitrogens with one attached hydrogen (secondary N) is 2. The molecule has 0 fully saturated rings. The molecule has 1 amide bonds. The normalized spacial score (nSPS) is 20.7. The van der Waals surface area contributed by atoms with Crippen molar-refractivity contribution in [3.05, 3.63) is 46.8 Å². The second kappa shape index (κ2) is 5.67. The van der Waals surface area contributed by atoms with Crippen LogP contribution in [0.25, 0.3) is 10.9 Å². The number of amides is 1. The van der Waals surface area contributed by atoms with Crippen LogP contribution in [0.2, 0.25) is 0 Å². The Kier molecular flexibility index (Phi) is 3.61. The van der Waals surface area contributed by atoms with Crippen molar-refractivity contribution in [1.82, 2.24) is 15.4 Å². The minimum atomic E-state index is -0.355. The minimum Gasteiger partial charge on any atom is -0.358 e. The van der Waals surface area contributed by atoms with E-state index in [0.717, 1.165) is 48.0 Å². The average Bonchev–Trinajstić information content (AvgIpc) is 3.16. The molecule has 24 heavy (non-hydrogen) atoms. The van der Waals surface area contributed by atoms with E-state index in [2.05, 4.69) is 30.3 Å². The van der Waals surface area contributed by atoms with E-state index < -0.39 is 0 Å². The number of hydrazine groups is 1. The number of carbonyl (C=O) groups excluding carboxylic acids is 1. The summed E-state index contributed by atoms with van der Waals surface area (Å²) in [5.41, 5.74) is 14.8. The molecule has 0 radical (unpaired) electrons. The third-order valence-corrected chi connectivity index (χ3v) is 5.16. The van der Waals surface area contributed by atoms with Gasteiger partial charge in [-0.1, -0.05) is 19.9 Å². The molecule has 1 aliphatic heterocycles. The van der Waals surface area contributed by atoms with Gasteiger partial charge in [0, 0.05) is 22.3 Å². The number of benzene rings is 1. The van der Waals surface area contributed by atoms with E-state index in [1.54, 1.807) is 5.01 Å². The number of hydrogen-bond donors (Lipinski definition) is 3. The van der Waals surface area contributed by atoms with Crippen LogP contribution in [0.3, 0.4) is 0 Å². The molecule has 5 nitrogen and oxygen atoms in total.